The smallest absolute Gasteiger partial charge is 0.0422 e. The third-order valence-corrected chi connectivity index (χ3v) is 5.00. The van der Waals surface area contributed by atoms with Gasteiger partial charge in [-0.2, -0.15) is 0 Å². The fraction of sp³-hybridized carbons (Fsp3) is 0.235. The van der Waals surface area contributed by atoms with E-state index in [0.717, 1.165) is 28.7 Å². The highest BCUT2D eigenvalue weighted by atomic mass is 32.1. The number of rotatable bonds is 4. The molecule has 1 aromatic carbocycles. The number of benzene rings is 1. The molecule has 2 aromatic heterocycles. The summed E-state index contributed by atoms with van der Waals surface area (Å²) in [5.74, 6) is 0. The van der Waals surface area contributed by atoms with Crippen LogP contribution in [0.5, 0.6) is 0 Å². The maximum Gasteiger partial charge on any atom is 0.0422 e. The minimum atomic E-state index is 0.0922. The van der Waals surface area contributed by atoms with Crippen molar-refractivity contribution in [1.29, 1.82) is 0 Å². The normalized spacial score (nSPS) is 11.7. The summed E-state index contributed by atoms with van der Waals surface area (Å²) >= 11 is 1.80. The summed E-state index contributed by atoms with van der Waals surface area (Å²) < 4.78 is 0. The minimum Gasteiger partial charge on any atom is -0.398 e. The molecule has 0 saturated heterocycles. The molecule has 0 aliphatic heterocycles. The lowest BCUT2D eigenvalue weighted by atomic mass is 9.91. The van der Waals surface area contributed by atoms with Crippen LogP contribution in [-0.2, 0) is 5.41 Å². The Balaban J connectivity index is 1.88. The van der Waals surface area contributed by atoms with Crippen molar-refractivity contribution in [2.75, 3.05) is 17.6 Å². The quantitative estimate of drug-likeness (QED) is 0.707. The van der Waals surface area contributed by atoms with Gasteiger partial charge < -0.3 is 11.1 Å². The zero-order valence-electron chi connectivity index (χ0n) is 12.3. The number of nitrogens with one attached hydrogen (secondary N) is 1. The number of hydrogen-bond donors (Lipinski definition) is 2. The Morgan fingerprint density at radius 1 is 1.19 bits per heavy atom. The molecule has 4 heteroatoms. The van der Waals surface area contributed by atoms with Crippen LogP contribution in [0, 0.1) is 0 Å². The fourth-order valence-electron chi connectivity index (χ4n) is 2.43. The van der Waals surface area contributed by atoms with Gasteiger partial charge in [-0.3, -0.25) is 4.98 Å². The Kier molecular flexibility index (Phi) is 3.55. The largest absolute Gasteiger partial charge is 0.398 e. The van der Waals surface area contributed by atoms with Gasteiger partial charge in [-0.25, -0.2) is 0 Å². The monoisotopic (exact) mass is 297 g/mol. The van der Waals surface area contributed by atoms with Crippen molar-refractivity contribution >= 4 is 33.5 Å². The maximum absolute atomic E-state index is 6.02. The van der Waals surface area contributed by atoms with Gasteiger partial charge in [0.25, 0.3) is 0 Å². The van der Waals surface area contributed by atoms with E-state index >= 15 is 0 Å². The van der Waals surface area contributed by atoms with E-state index in [1.807, 2.05) is 24.4 Å². The summed E-state index contributed by atoms with van der Waals surface area (Å²) in [5, 5.41) is 7.81. The molecular formula is C17H19N3S. The summed E-state index contributed by atoms with van der Waals surface area (Å²) in [7, 11) is 0. The van der Waals surface area contributed by atoms with E-state index in [2.05, 4.69) is 41.7 Å². The highest BCUT2D eigenvalue weighted by molar-refractivity contribution is 7.10. The second-order valence-corrected chi connectivity index (χ2v) is 6.79. The number of pyridine rings is 1. The van der Waals surface area contributed by atoms with E-state index in [1.165, 1.54) is 4.88 Å². The topological polar surface area (TPSA) is 50.9 Å². The van der Waals surface area contributed by atoms with Gasteiger partial charge in [-0.15, -0.1) is 11.3 Å². The number of nitrogens with two attached hydrogens (primary N) is 1. The number of anilines is 2. The summed E-state index contributed by atoms with van der Waals surface area (Å²) in [6, 6.07) is 10.3. The number of fused-ring (bicyclic) bond motifs is 1. The fourth-order valence-corrected chi connectivity index (χ4v) is 3.29. The van der Waals surface area contributed by atoms with E-state index in [9.17, 15) is 0 Å². The first-order valence-corrected chi connectivity index (χ1v) is 7.86. The molecule has 3 N–H and O–H groups in total. The van der Waals surface area contributed by atoms with Crippen LogP contribution >= 0.6 is 11.3 Å². The van der Waals surface area contributed by atoms with Crippen molar-refractivity contribution in [3.8, 4) is 0 Å². The molecule has 0 atom stereocenters. The molecule has 0 radical (unpaired) electrons. The zero-order valence-corrected chi connectivity index (χ0v) is 13.1. The van der Waals surface area contributed by atoms with Gasteiger partial charge >= 0.3 is 0 Å². The van der Waals surface area contributed by atoms with Gasteiger partial charge in [0, 0.05) is 51.4 Å². The Morgan fingerprint density at radius 3 is 2.81 bits per heavy atom. The molecule has 3 nitrogen and oxygen atoms in total. The van der Waals surface area contributed by atoms with Crippen molar-refractivity contribution in [3.63, 3.8) is 0 Å². The maximum atomic E-state index is 6.02. The summed E-state index contributed by atoms with van der Waals surface area (Å²) in [4.78, 5) is 5.54. The summed E-state index contributed by atoms with van der Waals surface area (Å²) in [6.45, 7) is 5.38. The number of nitrogens with zero attached hydrogens (tertiary/aromatic N) is 1. The molecule has 0 aliphatic rings. The second kappa shape index (κ2) is 5.37. The molecule has 0 aliphatic carbocycles. The standard InChI is InChI=1S/C17H19N3S/c1-17(2,16-4-3-9-21-16)11-20-15-6-5-14(18)13-10-19-8-7-12(13)15/h3-10,20H,11,18H2,1-2H3. The first-order valence-electron chi connectivity index (χ1n) is 6.98. The van der Waals surface area contributed by atoms with Crippen molar-refractivity contribution in [1.82, 2.24) is 4.98 Å². The van der Waals surface area contributed by atoms with Gasteiger partial charge in [-0.1, -0.05) is 19.9 Å². The Labute approximate surface area is 128 Å². The average molecular weight is 297 g/mol. The number of aromatic nitrogens is 1. The van der Waals surface area contributed by atoms with Crippen LogP contribution in [0.3, 0.4) is 0 Å². The predicted octanol–water partition coefficient (Wildman–Crippen LogP) is 4.27. The zero-order chi connectivity index (χ0) is 14.9. The molecule has 0 amide bonds. The molecule has 0 spiro atoms. The van der Waals surface area contributed by atoms with Crippen LogP contribution in [0.15, 0.2) is 48.1 Å². The molecule has 0 bridgehead atoms. The van der Waals surface area contributed by atoms with Crippen LogP contribution in [0.1, 0.15) is 18.7 Å². The van der Waals surface area contributed by atoms with Crippen molar-refractivity contribution in [3.05, 3.63) is 53.0 Å². The Hall–Kier alpha value is -2.07. The van der Waals surface area contributed by atoms with E-state index in [1.54, 1.807) is 17.5 Å². The molecule has 0 unspecified atom stereocenters. The number of thiophene rings is 1. The van der Waals surface area contributed by atoms with Crippen LogP contribution in [-0.4, -0.2) is 11.5 Å². The molecular weight excluding hydrogens is 278 g/mol. The molecule has 21 heavy (non-hydrogen) atoms. The van der Waals surface area contributed by atoms with Gasteiger partial charge in [0.05, 0.1) is 0 Å². The number of hydrogen-bond acceptors (Lipinski definition) is 4. The lowest BCUT2D eigenvalue weighted by Gasteiger charge is -2.25. The van der Waals surface area contributed by atoms with Gasteiger partial charge in [0.15, 0.2) is 0 Å². The Morgan fingerprint density at radius 2 is 2.05 bits per heavy atom. The lowest BCUT2D eigenvalue weighted by molar-refractivity contribution is 0.569. The van der Waals surface area contributed by atoms with Crippen molar-refractivity contribution in [2.45, 2.75) is 19.3 Å². The molecule has 108 valence electrons. The van der Waals surface area contributed by atoms with Crippen LogP contribution in [0.2, 0.25) is 0 Å². The van der Waals surface area contributed by atoms with Crippen LogP contribution in [0.25, 0.3) is 10.8 Å². The Bertz CT molecular complexity index is 748. The van der Waals surface area contributed by atoms with E-state index < -0.39 is 0 Å². The van der Waals surface area contributed by atoms with E-state index in [0.29, 0.717) is 0 Å². The van der Waals surface area contributed by atoms with Crippen molar-refractivity contribution < 1.29 is 0 Å². The third-order valence-electron chi connectivity index (χ3n) is 3.76. The van der Waals surface area contributed by atoms with E-state index in [4.69, 9.17) is 5.73 Å². The molecule has 0 saturated carbocycles. The molecule has 2 heterocycles. The van der Waals surface area contributed by atoms with Crippen molar-refractivity contribution in [2.24, 2.45) is 0 Å². The second-order valence-electron chi connectivity index (χ2n) is 5.84. The predicted molar refractivity (Wildman–Crippen MR) is 92.0 cm³/mol. The third kappa shape index (κ3) is 2.72. The van der Waals surface area contributed by atoms with Gasteiger partial charge in [0.1, 0.15) is 0 Å². The summed E-state index contributed by atoms with van der Waals surface area (Å²) in [5.41, 5.74) is 7.98. The minimum absolute atomic E-state index is 0.0922. The van der Waals surface area contributed by atoms with Crippen LogP contribution < -0.4 is 11.1 Å². The summed E-state index contributed by atoms with van der Waals surface area (Å²) in [6.07, 6.45) is 3.62. The van der Waals surface area contributed by atoms with E-state index in [-0.39, 0.29) is 5.41 Å². The molecule has 3 aromatic rings. The highest BCUT2D eigenvalue weighted by Gasteiger charge is 2.21. The van der Waals surface area contributed by atoms with Gasteiger partial charge in [-0.05, 0) is 29.6 Å². The highest BCUT2D eigenvalue weighted by Crippen LogP contribution is 2.31. The molecule has 0 fully saturated rings. The SMILES string of the molecule is CC(C)(CNc1ccc(N)c2cnccc12)c1cccs1. The average Bonchev–Trinajstić information content (AvgIpc) is 3.02. The van der Waals surface area contributed by atoms with Gasteiger partial charge in [0.2, 0.25) is 0 Å². The molecule has 3 rings (SSSR count). The first-order chi connectivity index (χ1) is 10.1. The lowest BCUT2D eigenvalue weighted by Crippen LogP contribution is -2.26. The van der Waals surface area contributed by atoms with Crippen LogP contribution in [0.4, 0.5) is 11.4 Å². The number of nitrogen functional groups attached to an aromatic ring is 1. The first kappa shape index (κ1) is 13.9.